The minimum atomic E-state index is 0.926. The van der Waals surface area contributed by atoms with Crippen LogP contribution in [-0.2, 0) is 13.0 Å². The van der Waals surface area contributed by atoms with Crippen LogP contribution >= 0.6 is 0 Å². The van der Waals surface area contributed by atoms with Crippen molar-refractivity contribution in [1.82, 2.24) is 24.1 Å². The van der Waals surface area contributed by atoms with Gasteiger partial charge in [0.2, 0.25) is 0 Å². The first-order valence-corrected chi connectivity index (χ1v) is 7.84. The molecule has 5 heterocycles. The second-order valence-electron chi connectivity index (χ2n) is 5.82. The van der Waals surface area contributed by atoms with E-state index < -0.39 is 0 Å². The van der Waals surface area contributed by atoms with Gasteiger partial charge in [-0.15, -0.1) is 0 Å². The van der Waals surface area contributed by atoms with Gasteiger partial charge in [-0.2, -0.15) is 5.10 Å². The average Bonchev–Trinajstić information content (AvgIpc) is 3.30. The van der Waals surface area contributed by atoms with Gasteiger partial charge in [-0.1, -0.05) is 6.07 Å². The molecule has 0 fully saturated rings. The first kappa shape index (κ1) is 12.6. The fraction of sp³-hybridized carbons (Fsp3) is 0.167. The molecule has 0 saturated heterocycles. The Morgan fingerprint density at radius 2 is 2.00 bits per heavy atom. The smallest absolute Gasteiger partial charge is 0.136 e. The van der Waals surface area contributed by atoms with Crippen molar-refractivity contribution in [3.63, 3.8) is 0 Å². The van der Waals surface area contributed by atoms with Gasteiger partial charge in [0.05, 0.1) is 5.69 Å². The van der Waals surface area contributed by atoms with Gasteiger partial charge in [-0.3, -0.25) is 9.67 Å². The van der Waals surface area contributed by atoms with Gasteiger partial charge < -0.3 is 4.40 Å². The average molecular weight is 301 g/mol. The van der Waals surface area contributed by atoms with Crippen molar-refractivity contribution < 1.29 is 0 Å². The Kier molecular flexibility index (Phi) is 2.61. The Morgan fingerprint density at radius 1 is 1.00 bits per heavy atom. The minimum absolute atomic E-state index is 0.926. The van der Waals surface area contributed by atoms with E-state index in [1.165, 1.54) is 16.8 Å². The van der Waals surface area contributed by atoms with Gasteiger partial charge in [0.15, 0.2) is 0 Å². The highest BCUT2D eigenvalue weighted by atomic mass is 15.3. The maximum atomic E-state index is 4.83. The van der Waals surface area contributed by atoms with Crippen LogP contribution in [0.15, 0.2) is 55.1 Å². The molecule has 112 valence electrons. The molecule has 5 rings (SSSR count). The van der Waals surface area contributed by atoms with Gasteiger partial charge >= 0.3 is 0 Å². The molecule has 1 aliphatic rings. The van der Waals surface area contributed by atoms with Crippen LogP contribution in [0.2, 0.25) is 0 Å². The molecular formula is C18H15N5. The summed E-state index contributed by atoms with van der Waals surface area (Å²) in [6.45, 7) is 0.989. The first-order valence-electron chi connectivity index (χ1n) is 7.84. The fourth-order valence-electron chi connectivity index (χ4n) is 3.39. The maximum absolute atomic E-state index is 4.83. The Labute approximate surface area is 133 Å². The topological polar surface area (TPSA) is 48.0 Å². The maximum Gasteiger partial charge on any atom is 0.136 e. The summed E-state index contributed by atoms with van der Waals surface area (Å²) < 4.78 is 4.19. The van der Waals surface area contributed by atoms with Crippen LogP contribution in [0, 0.1) is 0 Å². The molecule has 0 aliphatic carbocycles. The van der Waals surface area contributed by atoms with Crippen LogP contribution in [-0.4, -0.2) is 24.1 Å². The summed E-state index contributed by atoms with van der Waals surface area (Å²) >= 11 is 0. The normalized spacial score (nSPS) is 13.6. The fourth-order valence-corrected chi connectivity index (χ4v) is 3.39. The van der Waals surface area contributed by atoms with Crippen LogP contribution in [0.4, 0.5) is 0 Å². The summed E-state index contributed by atoms with van der Waals surface area (Å²) in [5.41, 5.74) is 6.54. The van der Waals surface area contributed by atoms with Crippen LogP contribution in [0.25, 0.3) is 28.2 Å². The Balaban J connectivity index is 1.78. The van der Waals surface area contributed by atoms with Crippen LogP contribution < -0.4 is 0 Å². The highest BCUT2D eigenvalue weighted by Crippen LogP contribution is 2.36. The molecule has 1 aliphatic heterocycles. The number of aryl methyl sites for hydroxylation is 1. The number of fused-ring (bicyclic) bond motifs is 2. The number of rotatable bonds is 2. The quantitative estimate of drug-likeness (QED) is 0.571. The largest absolute Gasteiger partial charge is 0.306 e. The van der Waals surface area contributed by atoms with Crippen molar-refractivity contribution in [3.05, 3.63) is 60.8 Å². The molecule has 4 aromatic heterocycles. The third-order valence-electron chi connectivity index (χ3n) is 4.43. The second kappa shape index (κ2) is 4.78. The summed E-state index contributed by atoms with van der Waals surface area (Å²) in [5.74, 6) is 0. The van der Waals surface area contributed by atoms with E-state index in [1.807, 2.05) is 36.8 Å². The molecule has 23 heavy (non-hydrogen) atoms. The molecule has 0 unspecified atom stereocenters. The minimum Gasteiger partial charge on any atom is -0.306 e. The number of imidazole rings is 1. The van der Waals surface area contributed by atoms with Crippen molar-refractivity contribution in [3.8, 4) is 22.5 Å². The molecule has 0 bridgehead atoms. The van der Waals surface area contributed by atoms with E-state index in [-0.39, 0.29) is 0 Å². The third kappa shape index (κ3) is 1.90. The summed E-state index contributed by atoms with van der Waals surface area (Å²) in [6, 6.07) is 10.2. The second-order valence-corrected chi connectivity index (χ2v) is 5.82. The van der Waals surface area contributed by atoms with Gasteiger partial charge in [-0.05, 0) is 37.1 Å². The lowest BCUT2D eigenvalue weighted by Crippen LogP contribution is -1.94. The summed E-state index contributed by atoms with van der Waals surface area (Å²) in [7, 11) is 0. The monoisotopic (exact) mass is 301 g/mol. The summed E-state index contributed by atoms with van der Waals surface area (Å²) in [5, 5.41) is 4.83. The van der Waals surface area contributed by atoms with E-state index in [0.29, 0.717) is 0 Å². The van der Waals surface area contributed by atoms with Crippen molar-refractivity contribution in [2.75, 3.05) is 0 Å². The third-order valence-corrected chi connectivity index (χ3v) is 4.43. The molecule has 0 radical (unpaired) electrons. The molecule has 0 amide bonds. The molecule has 0 N–H and O–H groups in total. The van der Waals surface area contributed by atoms with Gasteiger partial charge in [0.25, 0.3) is 0 Å². The van der Waals surface area contributed by atoms with Crippen molar-refractivity contribution in [2.24, 2.45) is 0 Å². The molecule has 4 aromatic rings. The molecule has 0 saturated carbocycles. The molecule has 5 nitrogen and oxygen atoms in total. The zero-order valence-electron chi connectivity index (χ0n) is 12.6. The zero-order valence-corrected chi connectivity index (χ0v) is 12.6. The standard InChI is InChI=1S/C18H15N5/c1-2-8-19-14(4-1)18-17(15-5-3-10-23(15)21-18)13-6-7-16-20-9-11-22(16)12-13/h1-2,4,6-9,11-12H,3,5,10H2. The van der Waals surface area contributed by atoms with E-state index in [1.54, 1.807) is 0 Å². The molecule has 0 aromatic carbocycles. The molecular weight excluding hydrogens is 286 g/mol. The van der Waals surface area contributed by atoms with E-state index in [9.17, 15) is 0 Å². The van der Waals surface area contributed by atoms with Crippen LogP contribution in [0.1, 0.15) is 12.1 Å². The molecule has 0 spiro atoms. The lowest BCUT2D eigenvalue weighted by Gasteiger charge is -2.06. The lowest BCUT2D eigenvalue weighted by molar-refractivity contribution is 0.658. The highest BCUT2D eigenvalue weighted by molar-refractivity contribution is 5.81. The Morgan fingerprint density at radius 3 is 2.91 bits per heavy atom. The van der Waals surface area contributed by atoms with Gasteiger partial charge in [0.1, 0.15) is 11.3 Å². The predicted molar refractivity (Wildman–Crippen MR) is 88.0 cm³/mol. The summed E-state index contributed by atoms with van der Waals surface area (Å²) in [6.07, 6.45) is 9.97. The molecule has 0 atom stereocenters. The summed E-state index contributed by atoms with van der Waals surface area (Å²) in [4.78, 5) is 8.83. The SMILES string of the molecule is c1ccc(-c2nn3c(c2-c2ccc4nccn4c2)CCC3)nc1. The van der Waals surface area contributed by atoms with Gasteiger partial charge in [-0.25, -0.2) is 4.98 Å². The van der Waals surface area contributed by atoms with Crippen LogP contribution in [0.3, 0.4) is 0 Å². The number of hydrogen-bond acceptors (Lipinski definition) is 3. The zero-order chi connectivity index (χ0) is 15.2. The number of hydrogen-bond donors (Lipinski definition) is 0. The van der Waals surface area contributed by atoms with Crippen molar-refractivity contribution in [2.45, 2.75) is 19.4 Å². The number of aromatic nitrogens is 5. The van der Waals surface area contributed by atoms with E-state index in [4.69, 9.17) is 5.10 Å². The lowest BCUT2D eigenvalue weighted by atomic mass is 10.0. The Hall–Kier alpha value is -2.95. The molecule has 5 heteroatoms. The van der Waals surface area contributed by atoms with Crippen molar-refractivity contribution >= 4 is 5.65 Å². The highest BCUT2D eigenvalue weighted by Gasteiger charge is 2.24. The predicted octanol–water partition coefficient (Wildman–Crippen LogP) is 3.21. The van der Waals surface area contributed by atoms with E-state index >= 15 is 0 Å². The first-order chi connectivity index (χ1) is 11.4. The number of pyridine rings is 2. The van der Waals surface area contributed by atoms with Crippen molar-refractivity contribution in [1.29, 1.82) is 0 Å². The van der Waals surface area contributed by atoms with Crippen LogP contribution in [0.5, 0.6) is 0 Å². The Bertz CT molecular complexity index is 997. The van der Waals surface area contributed by atoms with E-state index in [0.717, 1.165) is 36.4 Å². The number of nitrogens with zero attached hydrogens (tertiary/aromatic N) is 5. The van der Waals surface area contributed by atoms with Gasteiger partial charge in [0, 0.05) is 48.2 Å². The van der Waals surface area contributed by atoms with E-state index in [2.05, 4.69) is 37.4 Å².